The molecule has 1 unspecified atom stereocenters. The number of rotatable bonds is 5. The number of aliphatic hydroxyl groups excluding tert-OH is 1. The molecule has 1 N–H and O–H groups in total. The molecule has 0 aromatic heterocycles. The predicted octanol–water partition coefficient (Wildman–Crippen LogP) is 3.15. The van der Waals surface area contributed by atoms with Gasteiger partial charge in [0.25, 0.3) is 5.69 Å². The maximum atomic E-state index is 12.8. The Morgan fingerprint density at radius 3 is 2.52 bits per heavy atom. The molecular formula is C15H14FNO4. The van der Waals surface area contributed by atoms with Crippen molar-refractivity contribution in [3.63, 3.8) is 0 Å². The van der Waals surface area contributed by atoms with Crippen LogP contribution in [0.2, 0.25) is 0 Å². The number of aryl methyl sites for hydroxylation is 1. The molecule has 2 rings (SSSR count). The normalized spacial score (nSPS) is 12.0. The highest BCUT2D eigenvalue weighted by molar-refractivity contribution is 5.44. The van der Waals surface area contributed by atoms with Gasteiger partial charge in [-0.3, -0.25) is 10.1 Å². The van der Waals surface area contributed by atoms with E-state index < -0.39 is 11.0 Å². The second-order valence-corrected chi connectivity index (χ2v) is 4.58. The van der Waals surface area contributed by atoms with Gasteiger partial charge in [-0.2, -0.15) is 0 Å². The van der Waals surface area contributed by atoms with E-state index in [-0.39, 0.29) is 18.1 Å². The maximum absolute atomic E-state index is 12.8. The number of nitro benzene ring substituents is 1. The van der Waals surface area contributed by atoms with Gasteiger partial charge in [0.15, 0.2) is 0 Å². The molecule has 0 saturated carbocycles. The summed E-state index contributed by atoms with van der Waals surface area (Å²) >= 11 is 0. The van der Waals surface area contributed by atoms with E-state index in [2.05, 4.69) is 0 Å². The Labute approximate surface area is 120 Å². The highest BCUT2D eigenvalue weighted by atomic mass is 19.1. The molecule has 0 amide bonds. The SMILES string of the molecule is Cc1cc(OCC(O)c2ccc(F)cc2)ccc1[N+](=O)[O-]. The van der Waals surface area contributed by atoms with E-state index in [0.717, 1.165) is 0 Å². The minimum Gasteiger partial charge on any atom is -0.491 e. The van der Waals surface area contributed by atoms with E-state index in [9.17, 15) is 19.6 Å². The molecule has 0 aliphatic rings. The van der Waals surface area contributed by atoms with Crippen molar-refractivity contribution in [2.75, 3.05) is 6.61 Å². The highest BCUT2D eigenvalue weighted by Gasteiger charge is 2.12. The zero-order valence-corrected chi connectivity index (χ0v) is 11.3. The summed E-state index contributed by atoms with van der Waals surface area (Å²) in [5.41, 5.74) is 1.03. The molecule has 2 aromatic rings. The fourth-order valence-electron chi connectivity index (χ4n) is 1.88. The van der Waals surface area contributed by atoms with Crippen molar-refractivity contribution in [1.82, 2.24) is 0 Å². The van der Waals surface area contributed by atoms with Crippen LogP contribution in [-0.4, -0.2) is 16.6 Å². The summed E-state index contributed by atoms with van der Waals surface area (Å²) in [6, 6.07) is 9.84. The van der Waals surface area contributed by atoms with Crippen LogP contribution in [0.25, 0.3) is 0 Å². The molecule has 0 fully saturated rings. The average molecular weight is 291 g/mol. The van der Waals surface area contributed by atoms with Crippen LogP contribution in [0.15, 0.2) is 42.5 Å². The second kappa shape index (κ2) is 6.32. The van der Waals surface area contributed by atoms with Crippen molar-refractivity contribution in [2.24, 2.45) is 0 Å². The summed E-state index contributed by atoms with van der Waals surface area (Å²) in [4.78, 5) is 10.2. The molecule has 0 saturated heterocycles. The lowest BCUT2D eigenvalue weighted by atomic mass is 10.1. The third-order valence-corrected chi connectivity index (χ3v) is 3.03. The quantitative estimate of drug-likeness (QED) is 0.678. The van der Waals surface area contributed by atoms with Crippen molar-refractivity contribution in [3.8, 4) is 5.75 Å². The van der Waals surface area contributed by atoms with Crippen LogP contribution in [-0.2, 0) is 0 Å². The minimum atomic E-state index is -0.902. The van der Waals surface area contributed by atoms with Crippen LogP contribution in [0.5, 0.6) is 5.75 Å². The predicted molar refractivity (Wildman–Crippen MR) is 74.7 cm³/mol. The number of hydrogen-bond donors (Lipinski definition) is 1. The van der Waals surface area contributed by atoms with Crippen molar-refractivity contribution < 1.29 is 19.2 Å². The van der Waals surface area contributed by atoms with Gasteiger partial charge in [0, 0.05) is 11.6 Å². The molecule has 21 heavy (non-hydrogen) atoms. The number of aliphatic hydroxyl groups is 1. The number of ether oxygens (including phenoxy) is 1. The van der Waals surface area contributed by atoms with Gasteiger partial charge >= 0.3 is 0 Å². The topological polar surface area (TPSA) is 72.6 Å². The first kappa shape index (κ1) is 14.9. The van der Waals surface area contributed by atoms with Crippen molar-refractivity contribution in [2.45, 2.75) is 13.0 Å². The fraction of sp³-hybridized carbons (Fsp3) is 0.200. The largest absolute Gasteiger partial charge is 0.491 e. The lowest BCUT2D eigenvalue weighted by molar-refractivity contribution is -0.385. The molecule has 2 aromatic carbocycles. The first-order chi connectivity index (χ1) is 9.97. The van der Waals surface area contributed by atoms with Gasteiger partial charge in [-0.15, -0.1) is 0 Å². The second-order valence-electron chi connectivity index (χ2n) is 4.58. The summed E-state index contributed by atoms with van der Waals surface area (Å²) < 4.78 is 18.2. The van der Waals surface area contributed by atoms with Crippen LogP contribution in [0.3, 0.4) is 0 Å². The molecule has 1 atom stereocenters. The van der Waals surface area contributed by atoms with Gasteiger partial charge in [0.1, 0.15) is 24.3 Å². The minimum absolute atomic E-state index is 0.0152. The number of benzene rings is 2. The number of nitrogens with zero attached hydrogens (tertiary/aromatic N) is 1. The Bertz CT molecular complexity index is 643. The molecule has 0 radical (unpaired) electrons. The molecule has 6 heteroatoms. The molecule has 0 aliphatic heterocycles. The average Bonchev–Trinajstić information content (AvgIpc) is 2.45. The Morgan fingerprint density at radius 1 is 1.29 bits per heavy atom. The fourth-order valence-corrected chi connectivity index (χ4v) is 1.88. The van der Waals surface area contributed by atoms with Crippen LogP contribution in [0.1, 0.15) is 17.2 Å². The monoisotopic (exact) mass is 291 g/mol. The van der Waals surface area contributed by atoms with Gasteiger partial charge < -0.3 is 9.84 Å². The van der Waals surface area contributed by atoms with E-state index in [4.69, 9.17) is 4.74 Å². The van der Waals surface area contributed by atoms with Gasteiger partial charge in [-0.05, 0) is 36.8 Å². The number of nitro groups is 1. The molecule has 5 nitrogen and oxygen atoms in total. The van der Waals surface area contributed by atoms with E-state index in [0.29, 0.717) is 16.9 Å². The first-order valence-electron chi connectivity index (χ1n) is 6.29. The van der Waals surface area contributed by atoms with Gasteiger partial charge in [0.2, 0.25) is 0 Å². The Kier molecular flexibility index (Phi) is 4.49. The number of hydrogen-bond acceptors (Lipinski definition) is 4. The highest BCUT2D eigenvalue weighted by Crippen LogP contribution is 2.24. The number of halogens is 1. The van der Waals surface area contributed by atoms with E-state index in [1.807, 2.05) is 0 Å². The van der Waals surface area contributed by atoms with Crippen LogP contribution < -0.4 is 4.74 Å². The van der Waals surface area contributed by atoms with E-state index >= 15 is 0 Å². The maximum Gasteiger partial charge on any atom is 0.272 e. The van der Waals surface area contributed by atoms with Crippen LogP contribution >= 0.6 is 0 Å². The summed E-state index contributed by atoms with van der Waals surface area (Å²) in [7, 11) is 0. The third-order valence-electron chi connectivity index (χ3n) is 3.03. The lowest BCUT2D eigenvalue weighted by Gasteiger charge is -2.13. The molecule has 0 aliphatic carbocycles. The van der Waals surface area contributed by atoms with Crippen molar-refractivity contribution in [1.29, 1.82) is 0 Å². The molecule has 0 bridgehead atoms. The molecular weight excluding hydrogens is 277 g/mol. The van der Waals surface area contributed by atoms with Crippen molar-refractivity contribution in [3.05, 3.63) is 69.5 Å². The zero-order valence-electron chi connectivity index (χ0n) is 11.3. The summed E-state index contributed by atoms with van der Waals surface area (Å²) in [6.45, 7) is 1.59. The standard InChI is InChI=1S/C15H14FNO4/c1-10-8-13(6-7-14(10)17(19)20)21-9-15(18)11-2-4-12(16)5-3-11/h2-8,15,18H,9H2,1H3. The lowest BCUT2D eigenvalue weighted by Crippen LogP contribution is -2.09. The van der Waals surface area contributed by atoms with Gasteiger partial charge in [-0.25, -0.2) is 4.39 Å². The molecule has 0 spiro atoms. The first-order valence-corrected chi connectivity index (χ1v) is 6.29. The van der Waals surface area contributed by atoms with Crippen LogP contribution in [0, 0.1) is 22.9 Å². The van der Waals surface area contributed by atoms with Crippen molar-refractivity contribution >= 4 is 5.69 Å². The Balaban J connectivity index is 2.01. The van der Waals surface area contributed by atoms with E-state index in [1.165, 1.54) is 42.5 Å². The molecule has 110 valence electrons. The Hall–Kier alpha value is -2.47. The summed E-state index contributed by atoms with van der Waals surface area (Å²) in [5.74, 6) is 0.0529. The Morgan fingerprint density at radius 2 is 1.95 bits per heavy atom. The van der Waals surface area contributed by atoms with Crippen LogP contribution in [0.4, 0.5) is 10.1 Å². The summed E-state index contributed by atoms with van der Waals surface area (Å²) in [6.07, 6.45) is -0.902. The zero-order chi connectivity index (χ0) is 15.4. The van der Waals surface area contributed by atoms with Gasteiger partial charge in [-0.1, -0.05) is 12.1 Å². The summed E-state index contributed by atoms with van der Waals surface area (Å²) in [5, 5.41) is 20.6. The third kappa shape index (κ3) is 3.76. The molecule has 0 heterocycles. The van der Waals surface area contributed by atoms with Gasteiger partial charge in [0.05, 0.1) is 4.92 Å². The smallest absolute Gasteiger partial charge is 0.272 e. The van der Waals surface area contributed by atoms with E-state index in [1.54, 1.807) is 6.92 Å².